The number of aromatic nitrogens is 1. The lowest BCUT2D eigenvalue weighted by Gasteiger charge is -2.41. The van der Waals surface area contributed by atoms with Crippen molar-refractivity contribution >= 4 is 57.3 Å². The second kappa shape index (κ2) is 27.1. The minimum Gasteiger partial charge on any atom is -0.480 e. The van der Waals surface area contributed by atoms with Crippen LogP contribution < -0.4 is 10.6 Å². The molecule has 1 aromatic heterocycles. The summed E-state index contributed by atoms with van der Waals surface area (Å²) < 4.78 is 18.0. The highest BCUT2D eigenvalue weighted by Crippen LogP contribution is 2.42. The second-order valence-corrected chi connectivity index (χ2v) is 21.4. The first-order valence-electron chi connectivity index (χ1n) is 24.0. The zero-order valence-electron chi connectivity index (χ0n) is 41.8. The fourth-order valence-corrected chi connectivity index (χ4v) is 12.2. The van der Waals surface area contributed by atoms with Crippen LogP contribution >= 0.6 is 21.6 Å². The SMILES string of the molecule is CC[C@H](C)[C@@H]([C@@H](CC(=O)N1CCC[C@@H]1[C@H](OC)[C@@H](C)C(=O)N[C@@H](Cc1ccccc1)C(=O)O)OC)N(C)C(=O)[C@@H](NC(=O)[C@H](C(C)C)N(C)C(=O)O[C@H]1CCC[C@@H]1SSc1ccccn1)C(C)C. The highest BCUT2D eigenvalue weighted by Gasteiger charge is 2.44. The number of likely N-dealkylation sites (N-methyl/N-ethyl adjacent to an activating group) is 2. The Morgan fingerprint density at radius 2 is 1.54 bits per heavy atom. The van der Waals surface area contributed by atoms with E-state index in [0.29, 0.717) is 25.8 Å². The summed E-state index contributed by atoms with van der Waals surface area (Å²) in [4.78, 5) is 91.8. The van der Waals surface area contributed by atoms with Crippen molar-refractivity contribution in [3.63, 3.8) is 0 Å². The molecule has 0 bridgehead atoms. The molecule has 1 saturated heterocycles. The Labute approximate surface area is 411 Å². The largest absolute Gasteiger partial charge is 0.480 e. The fraction of sp³-hybridized carbons (Fsp3) is 0.660. The first-order valence-corrected chi connectivity index (χ1v) is 26.2. The minimum absolute atomic E-state index is 0.0701. The molecule has 11 atom stereocenters. The number of hydrogen-bond acceptors (Lipinski definition) is 12. The highest BCUT2D eigenvalue weighted by atomic mass is 33.1. The number of amides is 5. The van der Waals surface area contributed by atoms with Gasteiger partial charge in [0.2, 0.25) is 23.6 Å². The predicted octanol–water partition coefficient (Wildman–Crippen LogP) is 6.71. The second-order valence-electron chi connectivity index (χ2n) is 18.9. The Hall–Kier alpha value is -4.39. The molecule has 378 valence electrons. The van der Waals surface area contributed by atoms with Gasteiger partial charge in [0, 0.05) is 47.5 Å². The maximum Gasteiger partial charge on any atom is 0.410 e. The Bertz CT molecular complexity index is 1950. The lowest BCUT2D eigenvalue weighted by atomic mass is 9.89. The number of methoxy groups -OCH3 is 2. The van der Waals surface area contributed by atoms with Crippen molar-refractivity contribution in [2.75, 3.05) is 34.9 Å². The number of hydrogen-bond donors (Lipinski definition) is 3. The molecule has 68 heavy (non-hydrogen) atoms. The number of rotatable bonds is 25. The van der Waals surface area contributed by atoms with Crippen LogP contribution in [0.4, 0.5) is 4.79 Å². The average molecular weight is 985 g/mol. The standard InChI is InChI=1S/C50H76N6O10S2/c1-12-32(6)44(38(64-10)29-41(57)56-27-19-22-36(56)45(65-11)33(7)46(58)52-35(49(61)62)28-34-20-14-13-15-21-34)54(8)48(60)42(30(2)3)53-47(59)43(31(4)5)55(9)50(63)66-37-23-18-24-39(37)67-68-40-25-16-17-26-51-40/h13-17,20-21,25-26,30-33,35-39,42-45H,12,18-19,22-24,27-29H2,1-11H3,(H,52,58)(H,53,59)(H,61,62)/t32-,33+,35-,36+,37-,38+,39-,42-,43-,44-,45+/m0/s1. The van der Waals surface area contributed by atoms with E-state index in [1.54, 1.807) is 70.7 Å². The van der Waals surface area contributed by atoms with Crippen LogP contribution in [0.5, 0.6) is 0 Å². The smallest absolute Gasteiger partial charge is 0.410 e. The quantitative estimate of drug-likeness (QED) is 0.0889. The molecular weight excluding hydrogens is 909 g/mol. The van der Waals surface area contributed by atoms with E-state index in [9.17, 15) is 33.9 Å². The zero-order chi connectivity index (χ0) is 50.2. The van der Waals surface area contributed by atoms with Gasteiger partial charge in [-0.05, 0) is 78.3 Å². The van der Waals surface area contributed by atoms with Crippen LogP contribution in [0.3, 0.4) is 0 Å². The third-order valence-electron chi connectivity index (χ3n) is 13.5. The van der Waals surface area contributed by atoms with Crippen LogP contribution in [0, 0.1) is 23.7 Å². The normalized spacial score (nSPS) is 20.7. The van der Waals surface area contributed by atoms with Crippen molar-refractivity contribution in [3.8, 4) is 0 Å². The van der Waals surface area contributed by atoms with Crippen LogP contribution in [-0.2, 0) is 44.6 Å². The molecule has 0 spiro atoms. The van der Waals surface area contributed by atoms with Gasteiger partial charge >= 0.3 is 12.1 Å². The number of likely N-dealkylation sites (tertiary alicyclic amines) is 1. The molecule has 2 aliphatic rings. The molecule has 5 amide bonds. The van der Waals surface area contributed by atoms with E-state index < -0.39 is 72.2 Å². The number of pyridine rings is 1. The molecule has 2 aromatic rings. The molecule has 1 aliphatic heterocycles. The Morgan fingerprint density at radius 3 is 2.13 bits per heavy atom. The summed E-state index contributed by atoms with van der Waals surface area (Å²) in [6.07, 6.45) is 3.82. The summed E-state index contributed by atoms with van der Waals surface area (Å²) >= 11 is 0. The lowest BCUT2D eigenvalue weighted by Crippen LogP contribution is -2.60. The summed E-state index contributed by atoms with van der Waals surface area (Å²) in [5.74, 6) is -4.29. The average Bonchev–Trinajstić information content (AvgIpc) is 3.99. The van der Waals surface area contributed by atoms with E-state index >= 15 is 0 Å². The molecule has 0 unspecified atom stereocenters. The summed E-state index contributed by atoms with van der Waals surface area (Å²) in [6.45, 7) is 13.5. The van der Waals surface area contributed by atoms with E-state index in [2.05, 4.69) is 15.6 Å². The summed E-state index contributed by atoms with van der Waals surface area (Å²) in [7, 11) is 9.42. The number of aliphatic carboxylic acids is 1. The van der Waals surface area contributed by atoms with Gasteiger partial charge in [0.1, 0.15) is 29.3 Å². The number of carboxylic acid groups (broad SMARTS) is 1. The zero-order valence-corrected chi connectivity index (χ0v) is 43.4. The maximum absolute atomic E-state index is 14.7. The Balaban J connectivity index is 1.44. The molecule has 1 aromatic carbocycles. The van der Waals surface area contributed by atoms with E-state index in [1.807, 2.05) is 77.9 Å². The van der Waals surface area contributed by atoms with E-state index in [0.717, 1.165) is 29.9 Å². The van der Waals surface area contributed by atoms with Crippen molar-refractivity contribution < 1.29 is 48.1 Å². The fourth-order valence-electron chi connectivity index (χ4n) is 9.53. The molecule has 3 N–H and O–H groups in total. The van der Waals surface area contributed by atoms with E-state index in [-0.39, 0.29) is 53.8 Å². The van der Waals surface area contributed by atoms with E-state index in [1.165, 1.54) is 19.1 Å². The first kappa shape index (κ1) is 56.2. The van der Waals surface area contributed by atoms with Gasteiger partial charge in [0.25, 0.3) is 0 Å². The van der Waals surface area contributed by atoms with Crippen LogP contribution in [-0.4, -0.2) is 149 Å². The van der Waals surface area contributed by atoms with Gasteiger partial charge in [-0.1, -0.05) is 102 Å². The van der Waals surface area contributed by atoms with Gasteiger partial charge in [-0.25, -0.2) is 14.6 Å². The van der Waals surface area contributed by atoms with Gasteiger partial charge in [0.15, 0.2) is 0 Å². The molecule has 2 fully saturated rings. The van der Waals surface area contributed by atoms with Crippen molar-refractivity contribution in [1.29, 1.82) is 0 Å². The molecule has 16 nitrogen and oxygen atoms in total. The molecule has 18 heteroatoms. The number of carbonyl (C=O) groups is 6. The Morgan fingerprint density at radius 1 is 0.853 bits per heavy atom. The van der Waals surface area contributed by atoms with Crippen LogP contribution in [0.1, 0.15) is 99.0 Å². The number of benzene rings is 1. The molecule has 4 rings (SSSR count). The van der Waals surface area contributed by atoms with Crippen LogP contribution in [0.25, 0.3) is 0 Å². The predicted molar refractivity (Wildman–Crippen MR) is 265 cm³/mol. The monoisotopic (exact) mass is 985 g/mol. The molecular formula is C50H76N6O10S2. The van der Waals surface area contributed by atoms with Gasteiger partial charge in [-0.2, -0.15) is 0 Å². The minimum atomic E-state index is -1.15. The van der Waals surface area contributed by atoms with Crippen LogP contribution in [0.15, 0.2) is 59.8 Å². The van der Waals surface area contributed by atoms with Gasteiger partial charge in [-0.15, -0.1) is 0 Å². The van der Waals surface area contributed by atoms with Crippen molar-refractivity contribution in [1.82, 2.24) is 30.3 Å². The topological polar surface area (TPSA) is 197 Å². The third-order valence-corrected chi connectivity index (χ3v) is 16.4. The maximum atomic E-state index is 14.7. The summed E-state index contributed by atoms with van der Waals surface area (Å²) in [5.41, 5.74) is 0.769. The highest BCUT2D eigenvalue weighted by molar-refractivity contribution is 8.76. The molecule has 0 radical (unpaired) electrons. The van der Waals surface area contributed by atoms with Gasteiger partial charge in [-0.3, -0.25) is 24.1 Å². The van der Waals surface area contributed by atoms with Gasteiger partial charge < -0.3 is 39.8 Å². The van der Waals surface area contributed by atoms with Crippen molar-refractivity contribution in [3.05, 3.63) is 60.3 Å². The molecule has 1 aliphatic carbocycles. The number of carbonyl (C=O) groups excluding carboxylic acids is 5. The number of nitrogens with zero attached hydrogens (tertiary/aromatic N) is 4. The first-order chi connectivity index (χ1) is 32.3. The Kier molecular flexibility index (Phi) is 22.4. The number of carboxylic acids is 1. The van der Waals surface area contributed by atoms with Crippen LogP contribution in [0.2, 0.25) is 0 Å². The number of ether oxygens (including phenoxy) is 3. The molecule has 1 saturated carbocycles. The summed E-state index contributed by atoms with van der Waals surface area (Å²) in [5, 5.41) is 16.6. The summed E-state index contributed by atoms with van der Waals surface area (Å²) in [6, 6.07) is 10.7. The third kappa shape index (κ3) is 15.1. The van der Waals surface area contributed by atoms with E-state index in [4.69, 9.17) is 14.2 Å². The van der Waals surface area contributed by atoms with Crippen molar-refractivity contribution in [2.45, 2.75) is 159 Å². The molecule has 2 heterocycles. The number of nitrogens with one attached hydrogen (secondary N) is 2. The van der Waals surface area contributed by atoms with Gasteiger partial charge in [0.05, 0.1) is 41.9 Å². The lowest BCUT2D eigenvalue weighted by molar-refractivity contribution is -0.148. The van der Waals surface area contributed by atoms with Crippen molar-refractivity contribution in [2.24, 2.45) is 23.7 Å².